The van der Waals surface area contributed by atoms with Crippen LogP contribution in [0, 0.1) is 10.1 Å². The van der Waals surface area contributed by atoms with Crippen LogP contribution in [0.25, 0.3) is 0 Å². The van der Waals surface area contributed by atoms with Crippen molar-refractivity contribution in [3.05, 3.63) is 16.4 Å². The summed E-state index contributed by atoms with van der Waals surface area (Å²) >= 11 is 6.82. The monoisotopic (exact) mass is 221 g/mol. The average molecular weight is 222 g/mol. The van der Waals surface area contributed by atoms with Gasteiger partial charge in [-0.05, 0) is 9.91 Å². The number of hydrogen-bond donors (Lipinski definition) is 0. The van der Waals surface area contributed by atoms with Crippen molar-refractivity contribution in [1.29, 1.82) is 0 Å². The van der Waals surface area contributed by atoms with Crippen LogP contribution in [0.1, 0.15) is 0 Å². The van der Waals surface area contributed by atoms with Crippen molar-refractivity contribution < 1.29 is 4.92 Å². The summed E-state index contributed by atoms with van der Waals surface area (Å²) in [5.74, 6) is 1.01. The summed E-state index contributed by atoms with van der Waals surface area (Å²) in [5, 5.41) is 11.0. The molecule has 7 heteroatoms. The van der Waals surface area contributed by atoms with Crippen LogP contribution < -0.4 is 0 Å². The number of aryl methyl sites for hydroxylation is 1. The maximum absolute atomic E-state index is 10.5. The van der Waals surface area contributed by atoms with Crippen LogP contribution in [0.4, 0.5) is 5.82 Å². The van der Waals surface area contributed by atoms with E-state index in [0.29, 0.717) is 16.7 Å². The topological polar surface area (TPSA) is 61.0 Å². The summed E-state index contributed by atoms with van der Waals surface area (Å²) in [7, 11) is 1.72. The number of nitro groups is 1. The first-order valence-corrected chi connectivity index (χ1v) is 5.03. The van der Waals surface area contributed by atoms with E-state index in [9.17, 15) is 10.1 Å². The molecule has 72 valence electrons. The van der Waals surface area contributed by atoms with Crippen LogP contribution in [-0.4, -0.2) is 26.1 Å². The molecule has 0 bridgehead atoms. The summed E-state index contributed by atoms with van der Waals surface area (Å²) in [4.78, 5) is 13.7. The van der Waals surface area contributed by atoms with E-state index in [2.05, 4.69) is 4.98 Å². The predicted octanol–water partition coefficient (Wildman–Crippen LogP) is 1.66. The van der Waals surface area contributed by atoms with Gasteiger partial charge in [0, 0.05) is 18.7 Å². The van der Waals surface area contributed by atoms with Gasteiger partial charge in [-0.1, -0.05) is 11.8 Å². The average Bonchev–Trinajstić information content (AvgIpc) is 2.43. The van der Waals surface area contributed by atoms with E-state index in [4.69, 9.17) is 11.6 Å². The van der Waals surface area contributed by atoms with Crippen LogP contribution in [0.3, 0.4) is 0 Å². The zero-order valence-electron chi connectivity index (χ0n) is 6.94. The maximum Gasteiger partial charge on any atom is 0.395 e. The number of alkyl halides is 1. The molecule has 0 N–H and O–H groups in total. The van der Waals surface area contributed by atoms with Gasteiger partial charge in [-0.15, -0.1) is 11.6 Å². The number of hydrogen-bond acceptors (Lipinski definition) is 4. The predicted molar refractivity (Wildman–Crippen MR) is 51.3 cm³/mol. The Labute approximate surface area is 84.2 Å². The number of aromatic nitrogens is 2. The Morgan fingerprint density at radius 3 is 3.08 bits per heavy atom. The molecule has 1 heterocycles. The van der Waals surface area contributed by atoms with Gasteiger partial charge in [0.15, 0.2) is 5.03 Å². The fourth-order valence-electron chi connectivity index (χ4n) is 0.834. The van der Waals surface area contributed by atoms with Crippen molar-refractivity contribution in [2.24, 2.45) is 7.05 Å². The minimum absolute atomic E-state index is 0.0994. The van der Waals surface area contributed by atoms with Crippen molar-refractivity contribution in [3.8, 4) is 0 Å². The summed E-state index contributed by atoms with van der Waals surface area (Å²) in [6.45, 7) is 0. The van der Waals surface area contributed by atoms with E-state index in [1.165, 1.54) is 18.1 Å². The van der Waals surface area contributed by atoms with Crippen LogP contribution in [0.2, 0.25) is 0 Å². The van der Waals surface area contributed by atoms with E-state index in [-0.39, 0.29) is 5.82 Å². The van der Waals surface area contributed by atoms with Gasteiger partial charge in [0.05, 0.1) is 0 Å². The number of imidazole rings is 1. The molecule has 0 aromatic carbocycles. The highest BCUT2D eigenvalue weighted by Crippen LogP contribution is 2.26. The Bertz CT molecular complexity index is 315. The molecule has 0 fully saturated rings. The second-order valence-corrected chi connectivity index (χ2v) is 3.74. The second kappa shape index (κ2) is 4.48. The Hall–Kier alpha value is -0.750. The summed E-state index contributed by atoms with van der Waals surface area (Å²) in [6, 6.07) is 0. The lowest BCUT2D eigenvalue weighted by atomic mass is 10.8. The van der Waals surface area contributed by atoms with Gasteiger partial charge in [0.1, 0.15) is 0 Å². The summed E-state index contributed by atoms with van der Waals surface area (Å²) < 4.78 is 1.62. The third kappa shape index (κ3) is 2.35. The van der Waals surface area contributed by atoms with Crippen LogP contribution >= 0.6 is 23.4 Å². The number of thioether (sulfide) groups is 1. The second-order valence-electron chi connectivity index (χ2n) is 2.28. The molecule has 0 unspecified atom stereocenters. The zero-order valence-corrected chi connectivity index (χ0v) is 8.51. The third-order valence-electron chi connectivity index (χ3n) is 1.35. The third-order valence-corrected chi connectivity index (χ3v) is 2.92. The van der Waals surface area contributed by atoms with Gasteiger partial charge in [0.25, 0.3) is 0 Å². The van der Waals surface area contributed by atoms with Gasteiger partial charge in [-0.25, -0.2) is 0 Å². The Kier molecular flexibility index (Phi) is 3.56. The molecule has 0 aliphatic heterocycles. The highest BCUT2D eigenvalue weighted by Gasteiger charge is 2.19. The highest BCUT2D eigenvalue weighted by atomic mass is 35.5. The van der Waals surface area contributed by atoms with E-state index < -0.39 is 4.92 Å². The first kappa shape index (κ1) is 10.3. The molecule has 0 amide bonds. The first-order chi connectivity index (χ1) is 6.16. The molecule has 13 heavy (non-hydrogen) atoms. The zero-order chi connectivity index (χ0) is 9.84. The van der Waals surface area contributed by atoms with E-state index in [1.54, 1.807) is 11.6 Å². The lowest BCUT2D eigenvalue weighted by Gasteiger charge is -1.98. The molecule has 1 aromatic heterocycles. The molecule has 1 rings (SSSR count). The van der Waals surface area contributed by atoms with Gasteiger partial charge in [0.2, 0.25) is 6.33 Å². The number of rotatable bonds is 4. The molecule has 0 aliphatic rings. The number of nitrogens with zero attached hydrogens (tertiary/aromatic N) is 3. The molecule has 1 aromatic rings. The van der Waals surface area contributed by atoms with E-state index >= 15 is 0 Å². The normalized spacial score (nSPS) is 10.3. The Morgan fingerprint density at radius 2 is 2.54 bits per heavy atom. The van der Waals surface area contributed by atoms with Gasteiger partial charge in [-0.2, -0.15) is 0 Å². The molecule has 0 saturated heterocycles. The van der Waals surface area contributed by atoms with E-state index in [1.807, 2.05) is 0 Å². The molecular formula is C6H8ClN3O2S. The summed E-state index contributed by atoms with van der Waals surface area (Å²) in [5.41, 5.74) is 0. The maximum atomic E-state index is 10.5. The van der Waals surface area contributed by atoms with Crippen molar-refractivity contribution in [3.63, 3.8) is 0 Å². The van der Waals surface area contributed by atoms with Gasteiger partial charge in [-0.3, -0.25) is 0 Å². The number of halogens is 1. The fourth-order valence-corrected chi connectivity index (χ4v) is 1.84. The quantitative estimate of drug-likeness (QED) is 0.336. The molecule has 5 nitrogen and oxygen atoms in total. The lowest BCUT2D eigenvalue weighted by molar-refractivity contribution is -0.392. The molecule has 0 radical (unpaired) electrons. The molecule has 0 spiro atoms. The van der Waals surface area contributed by atoms with E-state index in [0.717, 1.165) is 0 Å². The SMILES string of the molecule is Cn1cnc([N+](=O)[O-])c1SCCCl. The molecule has 0 aliphatic carbocycles. The van der Waals surface area contributed by atoms with Crippen molar-refractivity contribution in [2.75, 3.05) is 11.6 Å². The minimum atomic E-state index is -0.490. The molecule has 0 atom stereocenters. The Balaban J connectivity index is 2.88. The largest absolute Gasteiger partial charge is 0.395 e. The van der Waals surface area contributed by atoms with Crippen molar-refractivity contribution >= 4 is 29.2 Å². The highest BCUT2D eigenvalue weighted by molar-refractivity contribution is 7.99. The first-order valence-electron chi connectivity index (χ1n) is 3.51. The van der Waals surface area contributed by atoms with Gasteiger partial charge >= 0.3 is 5.82 Å². The van der Waals surface area contributed by atoms with Crippen molar-refractivity contribution in [2.45, 2.75) is 5.03 Å². The van der Waals surface area contributed by atoms with Crippen LogP contribution in [-0.2, 0) is 7.05 Å². The molecular weight excluding hydrogens is 214 g/mol. The fraction of sp³-hybridized carbons (Fsp3) is 0.500. The van der Waals surface area contributed by atoms with Gasteiger partial charge < -0.3 is 14.7 Å². The minimum Gasteiger partial charge on any atom is -0.358 e. The van der Waals surface area contributed by atoms with Crippen LogP contribution in [0.5, 0.6) is 0 Å². The van der Waals surface area contributed by atoms with Crippen molar-refractivity contribution in [1.82, 2.24) is 9.55 Å². The lowest BCUT2D eigenvalue weighted by Crippen LogP contribution is -1.94. The smallest absolute Gasteiger partial charge is 0.358 e. The van der Waals surface area contributed by atoms with Crippen LogP contribution in [0.15, 0.2) is 11.4 Å². The Morgan fingerprint density at radius 1 is 1.85 bits per heavy atom. The standard InChI is InChI=1S/C6H8ClN3O2S/c1-9-4-8-5(10(11)12)6(9)13-3-2-7/h4H,2-3H2,1H3. The summed E-state index contributed by atoms with van der Waals surface area (Å²) in [6.07, 6.45) is 1.43. The molecule has 0 saturated carbocycles.